The Balaban J connectivity index is 1.73. The van der Waals surface area contributed by atoms with Crippen LogP contribution in [-0.2, 0) is 22.4 Å². The lowest BCUT2D eigenvalue weighted by atomic mass is 9.97. The third-order valence-corrected chi connectivity index (χ3v) is 6.72. The largest absolute Gasteiger partial charge is 0.335 e. The molecule has 1 N–H and O–H groups in total. The summed E-state index contributed by atoms with van der Waals surface area (Å²) in [6.45, 7) is 2.02. The number of imide groups is 2. The molecule has 7 heteroatoms. The molecule has 0 saturated carbocycles. The number of carbonyl (C=O) groups excluding carboxylic acids is 3. The SMILES string of the molecule is CCc1ccc(N2C(=O)NC(=O)/C(=C\c3cc(Br)ccc3Cc3ccccc3Br)C2=O)cc1. The van der Waals surface area contributed by atoms with Crippen molar-refractivity contribution in [1.29, 1.82) is 0 Å². The highest BCUT2D eigenvalue weighted by Crippen LogP contribution is 2.27. The normalized spacial score (nSPS) is 15.2. The number of hydrogen-bond acceptors (Lipinski definition) is 3. The molecule has 0 unspecified atom stereocenters. The predicted octanol–water partition coefficient (Wildman–Crippen LogP) is 6.03. The first-order valence-corrected chi connectivity index (χ1v) is 12.0. The van der Waals surface area contributed by atoms with Gasteiger partial charge in [0.1, 0.15) is 5.57 Å². The molecule has 0 bridgehead atoms. The number of amides is 4. The van der Waals surface area contributed by atoms with Gasteiger partial charge in [-0.3, -0.25) is 14.9 Å². The van der Waals surface area contributed by atoms with Crippen molar-refractivity contribution in [2.24, 2.45) is 0 Å². The maximum Gasteiger partial charge on any atom is 0.335 e. The van der Waals surface area contributed by atoms with Gasteiger partial charge in [0.25, 0.3) is 11.8 Å². The van der Waals surface area contributed by atoms with Gasteiger partial charge in [-0.1, -0.05) is 75.2 Å². The number of nitrogens with zero attached hydrogens (tertiary/aromatic N) is 1. The maximum absolute atomic E-state index is 13.3. The first-order valence-electron chi connectivity index (χ1n) is 10.4. The van der Waals surface area contributed by atoms with E-state index in [2.05, 4.69) is 37.2 Å². The van der Waals surface area contributed by atoms with E-state index in [4.69, 9.17) is 0 Å². The molecular weight excluding hydrogens is 548 g/mol. The minimum atomic E-state index is -0.755. The fourth-order valence-electron chi connectivity index (χ4n) is 3.64. The summed E-state index contributed by atoms with van der Waals surface area (Å²) in [7, 11) is 0. The Hall–Kier alpha value is -3.03. The maximum atomic E-state index is 13.3. The van der Waals surface area contributed by atoms with E-state index in [1.165, 1.54) is 0 Å². The smallest absolute Gasteiger partial charge is 0.273 e. The highest BCUT2D eigenvalue weighted by molar-refractivity contribution is 9.10. The molecular formula is C26H20Br2N2O3. The molecule has 0 radical (unpaired) electrons. The van der Waals surface area contributed by atoms with Crippen LogP contribution in [0.3, 0.4) is 0 Å². The summed E-state index contributed by atoms with van der Waals surface area (Å²) in [4.78, 5) is 39.4. The molecule has 1 fully saturated rings. The molecule has 4 rings (SSSR count). The molecule has 3 aromatic rings. The first kappa shape index (κ1) is 23.1. The average Bonchev–Trinajstić information content (AvgIpc) is 2.80. The molecule has 4 amide bonds. The summed E-state index contributed by atoms with van der Waals surface area (Å²) in [5.74, 6) is -1.36. The van der Waals surface area contributed by atoms with Crippen molar-refractivity contribution < 1.29 is 14.4 Å². The Bertz CT molecular complexity index is 1280. The third-order valence-electron chi connectivity index (χ3n) is 5.45. The molecule has 1 saturated heterocycles. The molecule has 0 spiro atoms. The van der Waals surface area contributed by atoms with Crippen LogP contribution in [0.4, 0.5) is 10.5 Å². The second-order valence-electron chi connectivity index (χ2n) is 7.59. The predicted molar refractivity (Wildman–Crippen MR) is 136 cm³/mol. The van der Waals surface area contributed by atoms with E-state index in [0.29, 0.717) is 17.7 Å². The van der Waals surface area contributed by atoms with E-state index in [9.17, 15) is 14.4 Å². The number of aryl methyl sites for hydroxylation is 1. The number of hydrogen-bond donors (Lipinski definition) is 1. The van der Waals surface area contributed by atoms with Crippen molar-refractivity contribution in [3.63, 3.8) is 0 Å². The van der Waals surface area contributed by atoms with Crippen molar-refractivity contribution in [3.8, 4) is 0 Å². The first-order chi connectivity index (χ1) is 15.9. The second-order valence-corrected chi connectivity index (χ2v) is 9.36. The summed E-state index contributed by atoms with van der Waals surface area (Å²) >= 11 is 7.05. The zero-order valence-electron chi connectivity index (χ0n) is 17.8. The van der Waals surface area contributed by atoms with E-state index >= 15 is 0 Å². The van der Waals surface area contributed by atoms with E-state index in [0.717, 1.165) is 37.0 Å². The number of urea groups is 1. The van der Waals surface area contributed by atoms with Gasteiger partial charge in [0, 0.05) is 8.95 Å². The van der Waals surface area contributed by atoms with Crippen LogP contribution in [0, 0.1) is 0 Å². The lowest BCUT2D eigenvalue weighted by Crippen LogP contribution is -2.54. The molecule has 0 aromatic heterocycles. The van der Waals surface area contributed by atoms with Gasteiger partial charge >= 0.3 is 6.03 Å². The number of nitrogens with one attached hydrogen (secondary N) is 1. The molecule has 166 valence electrons. The van der Waals surface area contributed by atoms with Gasteiger partial charge in [-0.2, -0.15) is 0 Å². The second kappa shape index (κ2) is 9.85. The van der Waals surface area contributed by atoms with Gasteiger partial charge in [-0.05, 0) is 71.5 Å². The monoisotopic (exact) mass is 566 g/mol. The highest BCUT2D eigenvalue weighted by Gasteiger charge is 2.36. The van der Waals surface area contributed by atoms with Gasteiger partial charge in [0.05, 0.1) is 5.69 Å². The van der Waals surface area contributed by atoms with Crippen LogP contribution in [0.15, 0.2) is 81.2 Å². The van der Waals surface area contributed by atoms with Crippen molar-refractivity contribution in [2.75, 3.05) is 4.90 Å². The molecule has 1 aliphatic rings. The van der Waals surface area contributed by atoms with Crippen LogP contribution in [0.1, 0.15) is 29.2 Å². The number of halogens is 2. The van der Waals surface area contributed by atoms with Crippen molar-refractivity contribution >= 4 is 61.5 Å². The van der Waals surface area contributed by atoms with Crippen molar-refractivity contribution in [2.45, 2.75) is 19.8 Å². The van der Waals surface area contributed by atoms with Gasteiger partial charge < -0.3 is 0 Å². The van der Waals surface area contributed by atoms with Gasteiger partial charge in [0.2, 0.25) is 0 Å². The van der Waals surface area contributed by atoms with Crippen LogP contribution in [0.2, 0.25) is 0 Å². The Morgan fingerprint density at radius 2 is 1.64 bits per heavy atom. The van der Waals surface area contributed by atoms with E-state index < -0.39 is 17.8 Å². The minimum Gasteiger partial charge on any atom is -0.273 e. The lowest BCUT2D eigenvalue weighted by molar-refractivity contribution is -0.122. The van der Waals surface area contributed by atoms with Crippen LogP contribution in [0.5, 0.6) is 0 Å². The Morgan fingerprint density at radius 1 is 0.909 bits per heavy atom. The molecule has 1 heterocycles. The van der Waals surface area contributed by atoms with Crippen LogP contribution < -0.4 is 10.2 Å². The average molecular weight is 568 g/mol. The highest BCUT2D eigenvalue weighted by atomic mass is 79.9. The Kier molecular flexibility index (Phi) is 6.91. The van der Waals surface area contributed by atoms with E-state index in [-0.39, 0.29) is 5.57 Å². The topological polar surface area (TPSA) is 66.5 Å². The minimum absolute atomic E-state index is 0.0966. The summed E-state index contributed by atoms with van der Waals surface area (Å²) in [5.41, 5.74) is 4.13. The number of anilines is 1. The third kappa shape index (κ3) is 4.99. The van der Waals surface area contributed by atoms with Crippen LogP contribution in [0.25, 0.3) is 6.08 Å². The van der Waals surface area contributed by atoms with Crippen LogP contribution in [-0.4, -0.2) is 17.8 Å². The Morgan fingerprint density at radius 3 is 2.33 bits per heavy atom. The van der Waals surface area contributed by atoms with Crippen molar-refractivity contribution in [1.82, 2.24) is 5.32 Å². The number of rotatable bonds is 5. The zero-order chi connectivity index (χ0) is 23.5. The van der Waals surface area contributed by atoms with E-state index in [1.807, 2.05) is 61.5 Å². The summed E-state index contributed by atoms with van der Waals surface area (Å²) in [6, 6.07) is 20.0. The lowest BCUT2D eigenvalue weighted by Gasteiger charge is -2.26. The number of barbiturate groups is 1. The zero-order valence-corrected chi connectivity index (χ0v) is 20.9. The quantitative estimate of drug-likeness (QED) is 0.302. The molecule has 5 nitrogen and oxygen atoms in total. The number of benzene rings is 3. The number of carbonyl (C=O) groups is 3. The van der Waals surface area contributed by atoms with Gasteiger partial charge in [-0.25, -0.2) is 9.69 Å². The van der Waals surface area contributed by atoms with Gasteiger partial charge in [0.15, 0.2) is 0 Å². The van der Waals surface area contributed by atoms with Gasteiger partial charge in [-0.15, -0.1) is 0 Å². The summed E-state index contributed by atoms with van der Waals surface area (Å²) < 4.78 is 1.79. The van der Waals surface area contributed by atoms with Crippen molar-refractivity contribution in [3.05, 3.63) is 104 Å². The summed E-state index contributed by atoms with van der Waals surface area (Å²) in [6.07, 6.45) is 2.99. The van der Waals surface area contributed by atoms with E-state index in [1.54, 1.807) is 18.2 Å². The fourth-order valence-corrected chi connectivity index (χ4v) is 4.44. The summed E-state index contributed by atoms with van der Waals surface area (Å²) in [5, 5.41) is 2.29. The molecule has 0 aliphatic carbocycles. The molecule has 3 aromatic carbocycles. The molecule has 33 heavy (non-hydrogen) atoms. The standard InChI is InChI=1S/C26H20Br2N2O3/c1-2-16-7-11-21(12-8-16)30-25(32)22(24(31)29-26(30)33)15-19-14-20(27)10-9-17(19)13-18-5-3-4-6-23(18)28/h3-12,14-15H,2,13H2,1H3,(H,29,31,33)/b22-15+. The molecule has 0 atom stereocenters. The van der Waals surface area contributed by atoms with Crippen LogP contribution >= 0.6 is 31.9 Å². The molecule has 1 aliphatic heterocycles. The fraction of sp³-hybridized carbons (Fsp3) is 0.115. The Labute approximate surface area is 208 Å².